The molecule has 0 fully saturated rings. The summed E-state index contributed by atoms with van der Waals surface area (Å²) in [6, 6.07) is 11.3. The fourth-order valence-electron chi connectivity index (χ4n) is 2.67. The van der Waals surface area contributed by atoms with Crippen molar-refractivity contribution in [1.82, 2.24) is 16.2 Å². The zero-order valence-corrected chi connectivity index (χ0v) is 19.0. The monoisotopic (exact) mass is 461 g/mol. The number of unbranched alkanes of at least 4 members (excludes halogenated alkanes) is 1. The van der Waals surface area contributed by atoms with Crippen molar-refractivity contribution < 1.29 is 23.9 Å². The van der Waals surface area contributed by atoms with E-state index in [0.29, 0.717) is 47.2 Å². The van der Waals surface area contributed by atoms with E-state index in [4.69, 9.17) is 21.1 Å². The first-order valence-electron chi connectivity index (χ1n) is 10.4. The Labute approximate surface area is 192 Å². The van der Waals surface area contributed by atoms with E-state index in [9.17, 15) is 14.4 Å². The van der Waals surface area contributed by atoms with Gasteiger partial charge in [-0.2, -0.15) is 0 Å². The molecule has 0 aliphatic carbocycles. The van der Waals surface area contributed by atoms with Gasteiger partial charge in [0.25, 0.3) is 11.8 Å². The van der Waals surface area contributed by atoms with Crippen molar-refractivity contribution >= 4 is 29.3 Å². The molecule has 0 saturated heterocycles. The maximum absolute atomic E-state index is 12.3. The Morgan fingerprint density at radius 3 is 2.31 bits per heavy atom. The van der Waals surface area contributed by atoms with E-state index in [0.717, 1.165) is 12.8 Å². The average Bonchev–Trinajstić information content (AvgIpc) is 2.80. The van der Waals surface area contributed by atoms with E-state index in [1.807, 2.05) is 0 Å². The molecule has 0 atom stereocenters. The van der Waals surface area contributed by atoms with Crippen molar-refractivity contribution in [2.45, 2.75) is 32.6 Å². The average molecular weight is 462 g/mol. The number of hydrogen-bond acceptors (Lipinski definition) is 5. The number of nitrogens with one attached hydrogen (secondary N) is 3. The van der Waals surface area contributed by atoms with Gasteiger partial charge in [0.15, 0.2) is 11.5 Å². The van der Waals surface area contributed by atoms with Crippen LogP contribution < -0.4 is 25.6 Å². The quantitative estimate of drug-likeness (QED) is 0.351. The largest absolute Gasteiger partial charge is 0.493 e. The maximum Gasteiger partial charge on any atom is 0.269 e. The van der Waals surface area contributed by atoms with Crippen LogP contribution in [0.5, 0.6) is 11.5 Å². The van der Waals surface area contributed by atoms with Crippen LogP contribution in [0, 0.1) is 0 Å². The van der Waals surface area contributed by atoms with E-state index in [2.05, 4.69) is 23.1 Å². The second-order valence-corrected chi connectivity index (χ2v) is 7.37. The highest BCUT2D eigenvalue weighted by molar-refractivity contribution is 6.30. The van der Waals surface area contributed by atoms with Crippen LogP contribution in [-0.2, 0) is 4.79 Å². The van der Waals surface area contributed by atoms with Crippen LogP contribution in [0.2, 0.25) is 5.02 Å². The van der Waals surface area contributed by atoms with E-state index in [1.165, 1.54) is 7.11 Å². The molecule has 0 spiro atoms. The summed E-state index contributed by atoms with van der Waals surface area (Å²) < 4.78 is 10.9. The van der Waals surface area contributed by atoms with Crippen molar-refractivity contribution in [1.29, 1.82) is 0 Å². The van der Waals surface area contributed by atoms with Crippen LogP contribution in [0.15, 0.2) is 42.5 Å². The van der Waals surface area contributed by atoms with E-state index < -0.39 is 5.91 Å². The highest BCUT2D eigenvalue weighted by Crippen LogP contribution is 2.28. The summed E-state index contributed by atoms with van der Waals surface area (Å²) in [7, 11) is 1.50. The number of hydrogen-bond donors (Lipinski definition) is 3. The molecule has 2 aromatic rings. The fourth-order valence-corrected chi connectivity index (χ4v) is 2.80. The molecule has 0 heterocycles. The first-order chi connectivity index (χ1) is 15.4. The van der Waals surface area contributed by atoms with Gasteiger partial charge in [-0.3, -0.25) is 25.2 Å². The molecular weight excluding hydrogens is 434 g/mol. The van der Waals surface area contributed by atoms with E-state index in [1.54, 1.807) is 42.5 Å². The van der Waals surface area contributed by atoms with Crippen molar-refractivity contribution in [3.05, 3.63) is 58.6 Å². The number of halogens is 1. The number of amides is 3. The Kier molecular flexibility index (Phi) is 10.3. The molecule has 8 nitrogen and oxygen atoms in total. The molecule has 0 aromatic heterocycles. The molecule has 3 amide bonds. The third-order valence-electron chi connectivity index (χ3n) is 4.47. The van der Waals surface area contributed by atoms with Gasteiger partial charge in [-0.15, -0.1) is 0 Å². The summed E-state index contributed by atoms with van der Waals surface area (Å²) in [6.45, 7) is 2.95. The van der Waals surface area contributed by atoms with Crippen LogP contribution >= 0.6 is 11.6 Å². The number of carbonyl (C=O) groups excluding carboxylic acids is 3. The zero-order valence-electron chi connectivity index (χ0n) is 18.2. The van der Waals surface area contributed by atoms with Crippen molar-refractivity contribution in [2.24, 2.45) is 0 Å². The molecule has 2 aromatic carbocycles. The summed E-state index contributed by atoms with van der Waals surface area (Å²) in [6.07, 6.45) is 2.48. The lowest BCUT2D eigenvalue weighted by atomic mass is 10.2. The van der Waals surface area contributed by atoms with Gasteiger partial charge in [-0.05, 0) is 55.3 Å². The van der Waals surface area contributed by atoms with Gasteiger partial charge < -0.3 is 14.8 Å². The minimum absolute atomic E-state index is 0.134. The van der Waals surface area contributed by atoms with Gasteiger partial charge in [0.05, 0.1) is 13.7 Å². The predicted molar refractivity (Wildman–Crippen MR) is 122 cm³/mol. The van der Waals surface area contributed by atoms with Gasteiger partial charge in [0.2, 0.25) is 5.91 Å². The van der Waals surface area contributed by atoms with Gasteiger partial charge in [0.1, 0.15) is 0 Å². The number of rotatable bonds is 11. The maximum atomic E-state index is 12.3. The molecule has 2 rings (SSSR count). The number of carbonyl (C=O) groups is 3. The minimum atomic E-state index is -0.479. The molecule has 0 aliphatic rings. The summed E-state index contributed by atoms with van der Waals surface area (Å²) in [5.41, 5.74) is 5.54. The number of ether oxygens (including phenoxy) is 2. The van der Waals surface area contributed by atoms with Gasteiger partial charge in [-0.1, -0.05) is 24.9 Å². The van der Waals surface area contributed by atoms with Crippen molar-refractivity contribution in [3.63, 3.8) is 0 Å². The van der Waals surface area contributed by atoms with E-state index in [-0.39, 0.29) is 18.2 Å². The summed E-state index contributed by atoms with van der Waals surface area (Å²) in [4.78, 5) is 36.2. The van der Waals surface area contributed by atoms with Crippen molar-refractivity contribution in [2.75, 3.05) is 20.3 Å². The Hall–Kier alpha value is -3.26. The summed E-state index contributed by atoms with van der Waals surface area (Å²) in [5, 5.41) is 3.28. The third-order valence-corrected chi connectivity index (χ3v) is 4.72. The molecule has 0 aliphatic heterocycles. The number of hydrazine groups is 1. The minimum Gasteiger partial charge on any atom is -0.493 e. The lowest BCUT2D eigenvalue weighted by molar-refractivity contribution is -0.121. The summed E-state index contributed by atoms with van der Waals surface area (Å²) >= 11 is 5.80. The highest BCUT2D eigenvalue weighted by atomic mass is 35.5. The van der Waals surface area contributed by atoms with Crippen molar-refractivity contribution in [3.8, 4) is 11.5 Å². The normalized spacial score (nSPS) is 10.2. The van der Waals surface area contributed by atoms with Crippen LogP contribution in [0.4, 0.5) is 0 Å². The Bertz CT molecular complexity index is 918. The standard InChI is InChI=1S/C23H28ClN3O5/c1-3-4-14-32-19-12-9-17(15-20(19)31-2)23(30)27-26-21(28)6-5-13-25-22(29)16-7-10-18(24)11-8-16/h7-12,15H,3-6,13-14H2,1-2H3,(H,25,29)(H,26,28)(H,27,30). The third kappa shape index (κ3) is 8.11. The van der Waals surface area contributed by atoms with Crippen LogP contribution in [0.25, 0.3) is 0 Å². The van der Waals surface area contributed by atoms with Gasteiger partial charge in [-0.25, -0.2) is 0 Å². The molecule has 32 heavy (non-hydrogen) atoms. The molecule has 0 radical (unpaired) electrons. The Morgan fingerprint density at radius 1 is 0.906 bits per heavy atom. The molecule has 172 valence electrons. The molecule has 0 saturated carbocycles. The Balaban J connectivity index is 1.72. The zero-order chi connectivity index (χ0) is 23.3. The molecular formula is C23H28ClN3O5. The lowest BCUT2D eigenvalue weighted by Gasteiger charge is -2.12. The smallest absolute Gasteiger partial charge is 0.269 e. The van der Waals surface area contributed by atoms with Crippen LogP contribution in [-0.4, -0.2) is 38.0 Å². The van der Waals surface area contributed by atoms with E-state index >= 15 is 0 Å². The van der Waals surface area contributed by atoms with Gasteiger partial charge in [0, 0.05) is 29.1 Å². The van der Waals surface area contributed by atoms with Crippen LogP contribution in [0.1, 0.15) is 53.3 Å². The first kappa shape index (κ1) is 25.0. The summed E-state index contributed by atoms with van der Waals surface area (Å²) in [5.74, 6) is -0.0940. The second kappa shape index (κ2) is 13.2. The molecule has 9 heteroatoms. The second-order valence-electron chi connectivity index (χ2n) is 6.94. The lowest BCUT2D eigenvalue weighted by Crippen LogP contribution is -2.41. The SMILES string of the molecule is CCCCOc1ccc(C(=O)NNC(=O)CCCNC(=O)c2ccc(Cl)cc2)cc1OC. The first-order valence-corrected chi connectivity index (χ1v) is 10.8. The van der Waals surface area contributed by atoms with Gasteiger partial charge >= 0.3 is 0 Å². The molecule has 0 bridgehead atoms. The number of benzene rings is 2. The van der Waals surface area contributed by atoms with Crippen LogP contribution in [0.3, 0.4) is 0 Å². The number of methoxy groups -OCH3 is 1. The highest BCUT2D eigenvalue weighted by Gasteiger charge is 2.12. The Morgan fingerprint density at radius 2 is 1.62 bits per heavy atom. The molecule has 0 unspecified atom stereocenters. The predicted octanol–water partition coefficient (Wildman–Crippen LogP) is 3.50. The molecule has 3 N–H and O–H groups in total. The fraction of sp³-hybridized carbons (Fsp3) is 0.348. The topological polar surface area (TPSA) is 106 Å².